The normalized spacial score (nSPS) is 10.5. The van der Waals surface area contributed by atoms with Gasteiger partial charge in [0.05, 0.1) is 22.7 Å². The van der Waals surface area contributed by atoms with Crippen LogP contribution in [-0.2, 0) is 4.79 Å². The van der Waals surface area contributed by atoms with E-state index in [1.807, 2.05) is 37.3 Å². The van der Waals surface area contributed by atoms with E-state index in [-0.39, 0.29) is 17.1 Å². The predicted octanol–water partition coefficient (Wildman–Crippen LogP) is 3.19. The summed E-state index contributed by atoms with van der Waals surface area (Å²) in [6.07, 6.45) is 0. The summed E-state index contributed by atoms with van der Waals surface area (Å²) >= 11 is 6.28. The summed E-state index contributed by atoms with van der Waals surface area (Å²) in [7, 11) is 0. The first kappa shape index (κ1) is 17.7. The molecule has 3 aromatic rings. The van der Waals surface area contributed by atoms with Crippen molar-refractivity contribution in [2.24, 2.45) is 5.73 Å². The van der Waals surface area contributed by atoms with Gasteiger partial charge in [0.1, 0.15) is 11.5 Å². The highest BCUT2D eigenvalue weighted by molar-refractivity contribution is 6.34. The van der Waals surface area contributed by atoms with Gasteiger partial charge in [-0.15, -0.1) is 0 Å². The van der Waals surface area contributed by atoms with Gasteiger partial charge in [-0.2, -0.15) is 0 Å². The Morgan fingerprint density at radius 2 is 1.88 bits per heavy atom. The smallest absolute Gasteiger partial charge is 0.253 e. The molecule has 0 spiro atoms. The van der Waals surface area contributed by atoms with Crippen LogP contribution >= 0.6 is 11.6 Å². The molecule has 7 heteroatoms. The maximum absolute atomic E-state index is 12.1. The first-order valence-electron chi connectivity index (χ1n) is 7.85. The van der Waals surface area contributed by atoms with Crippen LogP contribution < -0.4 is 11.1 Å². The fraction of sp³-hybridized carbons (Fsp3) is 0.105. The minimum Gasteiger partial charge on any atom is -0.368 e. The number of primary amides is 1. The molecule has 0 fully saturated rings. The zero-order valence-electron chi connectivity index (χ0n) is 14.0. The zero-order valence-corrected chi connectivity index (χ0v) is 14.7. The highest BCUT2D eigenvalue weighted by Gasteiger charge is 2.19. The van der Waals surface area contributed by atoms with Crippen molar-refractivity contribution in [3.63, 3.8) is 0 Å². The van der Waals surface area contributed by atoms with Gasteiger partial charge >= 0.3 is 0 Å². The van der Waals surface area contributed by atoms with E-state index in [9.17, 15) is 9.59 Å². The van der Waals surface area contributed by atoms with E-state index in [1.54, 1.807) is 18.2 Å². The number of nitrogens with zero attached hydrogens (tertiary/aromatic N) is 1. The van der Waals surface area contributed by atoms with Gasteiger partial charge in [-0.3, -0.25) is 9.59 Å². The Kier molecular flexibility index (Phi) is 5.04. The zero-order chi connectivity index (χ0) is 18.7. The quantitative estimate of drug-likeness (QED) is 0.721. The number of rotatable bonds is 5. The fourth-order valence-corrected chi connectivity index (χ4v) is 2.89. The van der Waals surface area contributed by atoms with Gasteiger partial charge in [-0.25, -0.2) is 0 Å². The predicted molar refractivity (Wildman–Crippen MR) is 98.6 cm³/mol. The second kappa shape index (κ2) is 7.41. The second-order valence-electron chi connectivity index (χ2n) is 5.67. The number of halogens is 1. The minimum absolute atomic E-state index is 0.250. The molecular formula is C19H16ClN3O3. The molecule has 6 nitrogen and oxygen atoms in total. The molecule has 0 saturated carbocycles. The van der Waals surface area contributed by atoms with E-state index < -0.39 is 11.8 Å². The van der Waals surface area contributed by atoms with Crippen LogP contribution in [0, 0.1) is 6.92 Å². The molecule has 132 valence electrons. The largest absolute Gasteiger partial charge is 0.368 e. The third-order valence-corrected chi connectivity index (χ3v) is 4.15. The van der Waals surface area contributed by atoms with E-state index in [0.717, 1.165) is 16.7 Å². The summed E-state index contributed by atoms with van der Waals surface area (Å²) in [4.78, 5) is 22.9. The molecule has 3 rings (SSSR count). The Morgan fingerprint density at radius 1 is 1.15 bits per heavy atom. The number of benzene rings is 2. The average Bonchev–Trinajstić information content (AvgIpc) is 3.02. The second-order valence-corrected chi connectivity index (χ2v) is 6.08. The van der Waals surface area contributed by atoms with Crippen LogP contribution in [0.3, 0.4) is 0 Å². The van der Waals surface area contributed by atoms with E-state index in [0.29, 0.717) is 11.5 Å². The van der Waals surface area contributed by atoms with Crippen molar-refractivity contribution in [2.75, 3.05) is 6.54 Å². The van der Waals surface area contributed by atoms with Crippen molar-refractivity contribution in [1.29, 1.82) is 0 Å². The van der Waals surface area contributed by atoms with Crippen molar-refractivity contribution >= 4 is 23.4 Å². The van der Waals surface area contributed by atoms with Crippen LogP contribution in [0.2, 0.25) is 5.02 Å². The molecular weight excluding hydrogens is 354 g/mol. The molecule has 1 heterocycles. The van der Waals surface area contributed by atoms with Crippen LogP contribution in [0.15, 0.2) is 53.1 Å². The number of amides is 2. The number of nitrogens with one attached hydrogen (secondary N) is 1. The Morgan fingerprint density at radius 3 is 2.54 bits per heavy atom. The lowest BCUT2D eigenvalue weighted by molar-refractivity contribution is -0.117. The number of aryl methyl sites for hydroxylation is 1. The van der Waals surface area contributed by atoms with Gasteiger partial charge < -0.3 is 15.6 Å². The van der Waals surface area contributed by atoms with Crippen molar-refractivity contribution in [3.8, 4) is 22.4 Å². The molecule has 0 atom stereocenters. The number of carbonyl (C=O) groups excluding carboxylic acids is 2. The fourth-order valence-electron chi connectivity index (χ4n) is 2.62. The molecule has 1 aromatic heterocycles. The lowest BCUT2D eigenvalue weighted by atomic mass is 9.98. The number of carbonyl (C=O) groups is 2. The highest BCUT2D eigenvalue weighted by Crippen LogP contribution is 2.35. The number of hydrogen-bond acceptors (Lipinski definition) is 4. The summed E-state index contributed by atoms with van der Waals surface area (Å²) in [6, 6.07) is 14.7. The van der Waals surface area contributed by atoms with Gasteiger partial charge in [0, 0.05) is 5.56 Å². The van der Waals surface area contributed by atoms with E-state index in [2.05, 4.69) is 10.5 Å². The third kappa shape index (κ3) is 3.60. The van der Waals surface area contributed by atoms with Crippen LogP contribution in [0.25, 0.3) is 22.4 Å². The molecule has 0 unspecified atom stereocenters. The van der Waals surface area contributed by atoms with Crippen molar-refractivity contribution in [2.45, 2.75) is 6.92 Å². The van der Waals surface area contributed by atoms with E-state index in [1.165, 1.54) is 0 Å². The lowest BCUT2D eigenvalue weighted by Gasteiger charge is -2.08. The first-order valence-corrected chi connectivity index (χ1v) is 8.23. The summed E-state index contributed by atoms with van der Waals surface area (Å²) in [5.74, 6) is -0.449. The van der Waals surface area contributed by atoms with Crippen molar-refractivity contribution in [1.82, 2.24) is 10.5 Å². The van der Waals surface area contributed by atoms with Gasteiger partial charge in [-0.05, 0) is 24.6 Å². The van der Waals surface area contributed by atoms with Gasteiger partial charge in [-0.1, -0.05) is 53.2 Å². The molecule has 2 aromatic carbocycles. The number of aromatic nitrogens is 1. The molecule has 26 heavy (non-hydrogen) atoms. The maximum atomic E-state index is 12.1. The Hall–Kier alpha value is -3.12. The van der Waals surface area contributed by atoms with Crippen LogP contribution in [0.5, 0.6) is 0 Å². The summed E-state index contributed by atoms with van der Waals surface area (Å²) in [5.41, 5.74) is 8.49. The number of nitrogens with two attached hydrogens (primary N) is 1. The van der Waals surface area contributed by atoms with Crippen LogP contribution in [0.1, 0.15) is 16.1 Å². The Labute approximate surface area is 154 Å². The lowest BCUT2D eigenvalue weighted by Crippen LogP contribution is -2.33. The molecule has 3 N–H and O–H groups in total. The minimum atomic E-state index is -0.626. The highest BCUT2D eigenvalue weighted by atomic mass is 35.5. The van der Waals surface area contributed by atoms with Crippen molar-refractivity contribution < 1.29 is 14.1 Å². The maximum Gasteiger partial charge on any atom is 0.253 e. The van der Waals surface area contributed by atoms with Crippen LogP contribution in [0.4, 0.5) is 0 Å². The average molecular weight is 370 g/mol. The molecule has 0 saturated heterocycles. The Bertz CT molecular complexity index is 967. The third-order valence-electron chi connectivity index (χ3n) is 3.84. The monoisotopic (exact) mass is 369 g/mol. The molecule has 0 aliphatic rings. The summed E-state index contributed by atoms with van der Waals surface area (Å²) in [6.45, 7) is 1.57. The summed E-state index contributed by atoms with van der Waals surface area (Å²) < 4.78 is 5.36. The molecule has 0 bridgehead atoms. The molecule has 0 aliphatic heterocycles. The van der Waals surface area contributed by atoms with Gasteiger partial charge in [0.25, 0.3) is 5.91 Å². The molecule has 0 aliphatic carbocycles. The van der Waals surface area contributed by atoms with Gasteiger partial charge in [0.2, 0.25) is 5.91 Å². The van der Waals surface area contributed by atoms with E-state index >= 15 is 0 Å². The Balaban J connectivity index is 1.97. The van der Waals surface area contributed by atoms with E-state index in [4.69, 9.17) is 21.9 Å². The number of hydrogen-bond donors (Lipinski definition) is 2. The SMILES string of the molecule is Cc1onc(-c2ccccc2)c1-c1ccc(C(=O)NCC(N)=O)c(Cl)c1. The van der Waals surface area contributed by atoms with Gasteiger partial charge in [0.15, 0.2) is 0 Å². The summed E-state index contributed by atoms with van der Waals surface area (Å²) in [5, 5.41) is 6.82. The topological polar surface area (TPSA) is 98.2 Å². The van der Waals surface area contributed by atoms with Crippen LogP contribution in [-0.4, -0.2) is 23.5 Å². The standard InChI is InChI=1S/C19H16ClN3O3/c1-11-17(18(23-26-11)12-5-3-2-4-6-12)13-7-8-14(15(20)9-13)19(25)22-10-16(21)24/h2-9H,10H2,1H3,(H2,21,24)(H,22,25). The molecule has 2 amide bonds. The first-order chi connectivity index (χ1) is 12.5. The molecule has 0 radical (unpaired) electrons. The van der Waals surface area contributed by atoms with Crippen molar-refractivity contribution in [3.05, 3.63) is 64.9 Å².